The first-order valence-electron chi connectivity index (χ1n) is 5.13. The maximum Gasteiger partial charge on any atom is 0.242 e. The van der Waals surface area contributed by atoms with E-state index in [0.29, 0.717) is 11.3 Å². The smallest absolute Gasteiger partial charge is 0.242 e. The minimum atomic E-state index is -0.724. The van der Waals surface area contributed by atoms with E-state index in [1.54, 1.807) is 19.2 Å². The number of rotatable bonds is 4. The lowest BCUT2D eigenvalue weighted by Crippen LogP contribution is -2.32. The molecule has 0 spiro atoms. The molecule has 1 unspecified atom stereocenters. The van der Waals surface area contributed by atoms with Gasteiger partial charge in [0.25, 0.3) is 0 Å². The zero-order valence-electron chi connectivity index (χ0n) is 9.66. The molecule has 1 amide bonds. The molecule has 1 rings (SSSR count). The van der Waals surface area contributed by atoms with Crippen molar-refractivity contribution in [2.24, 2.45) is 0 Å². The van der Waals surface area contributed by atoms with E-state index in [1.165, 1.54) is 0 Å². The first kappa shape index (κ1) is 12.8. The summed E-state index contributed by atoms with van der Waals surface area (Å²) in [5.41, 5.74) is 0.685. The average Bonchev–Trinajstić information content (AvgIpc) is 2.27. The van der Waals surface area contributed by atoms with Crippen molar-refractivity contribution < 1.29 is 9.53 Å². The van der Waals surface area contributed by atoms with Crippen molar-refractivity contribution in [3.05, 3.63) is 29.8 Å². The highest BCUT2D eigenvalue weighted by Gasteiger charge is 2.21. The van der Waals surface area contributed by atoms with E-state index in [0.717, 1.165) is 0 Å². The fourth-order valence-electron chi connectivity index (χ4n) is 1.37. The van der Waals surface area contributed by atoms with Gasteiger partial charge in [-0.15, -0.1) is 11.6 Å². The minimum Gasteiger partial charge on any atom is -0.496 e. The van der Waals surface area contributed by atoms with Gasteiger partial charge in [-0.3, -0.25) is 4.79 Å². The average molecular weight is 242 g/mol. The fourth-order valence-corrected chi connectivity index (χ4v) is 1.62. The van der Waals surface area contributed by atoms with Crippen LogP contribution < -0.4 is 10.1 Å². The second kappa shape index (κ2) is 5.75. The first-order chi connectivity index (χ1) is 7.56. The predicted octanol–water partition coefficient (Wildman–Crippen LogP) is 2.50. The molecule has 0 fully saturated rings. The molecule has 0 radical (unpaired) electrons. The van der Waals surface area contributed by atoms with Crippen LogP contribution in [0.4, 0.5) is 0 Å². The van der Waals surface area contributed by atoms with E-state index in [1.807, 2.05) is 26.0 Å². The molecule has 0 bridgehead atoms. The fraction of sp³-hybridized carbons (Fsp3) is 0.417. The van der Waals surface area contributed by atoms with Gasteiger partial charge in [0.15, 0.2) is 0 Å². The highest BCUT2D eigenvalue weighted by atomic mass is 35.5. The number of ether oxygens (including phenoxy) is 1. The Morgan fingerprint density at radius 3 is 2.56 bits per heavy atom. The molecule has 0 aromatic heterocycles. The van der Waals surface area contributed by atoms with Crippen molar-refractivity contribution in [2.75, 3.05) is 7.11 Å². The Hall–Kier alpha value is -1.22. The Kier molecular flexibility index (Phi) is 4.62. The Morgan fingerprint density at radius 2 is 2.00 bits per heavy atom. The molecule has 1 aromatic rings. The van der Waals surface area contributed by atoms with Gasteiger partial charge in [0, 0.05) is 11.6 Å². The van der Waals surface area contributed by atoms with E-state index in [2.05, 4.69) is 5.32 Å². The molecule has 16 heavy (non-hydrogen) atoms. The third kappa shape index (κ3) is 3.14. The molecule has 0 aliphatic carbocycles. The van der Waals surface area contributed by atoms with Crippen LogP contribution in [0.25, 0.3) is 0 Å². The number of hydrogen-bond acceptors (Lipinski definition) is 2. The highest BCUT2D eigenvalue weighted by molar-refractivity contribution is 6.31. The molecule has 0 heterocycles. The van der Waals surface area contributed by atoms with Gasteiger partial charge >= 0.3 is 0 Å². The van der Waals surface area contributed by atoms with E-state index >= 15 is 0 Å². The number of para-hydroxylation sites is 1. The summed E-state index contributed by atoms with van der Waals surface area (Å²) in [7, 11) is 1.56. The summed E-state index contributed by atoms with van der Waals surface area (Å²) in [4.78, 5) is 11.7. The lowest BCUT2D eigenvalue weighted by molar-refractivity contribution is -0.121. The SMILES string of the molecule is COc1ccccc1C(Cl)C(=O)NC(C)C. The molecular formula is C12H16ClNO2. The molecule has 0 saturated heterocycles. The van der Waals surface area contributed by atoms with Gasteiger partial charge < -0.3 is 10.1 Å². The van der Waals surface area contributed by atoms with Gasteiger partial charge in [-0.25, -0.2) is 0 Å². The van der Waals surface area contributed by atoms with Gasteiger partial charge in [-0.2, -0.15) is 0 Å². The molecule has 1 aromatic carbocycles. The third-order valence-corrected chi connectivity index (χ3v) is 2.51. The largest absolute Gasteiger partial charge is 0.496 e. The second-order valence-corrected chi connectivity index (χ2v) is 4.20. The lowest BCUT2D eigenvalue weighted by atomic mass is 10.1. The van der Waals surface area contributed by atoms with Crippen LogP contribution in [0.15, 0.2) is 24.3 Å². The normalized spacial score (nSPS) is 12.3. The Bertz CT molecular complexity index is 366. The third-order valence-electron chi connectivity index (χ3n) is 2.07. The summed E-state index contributed by atoms with van der Waals surface area (Å²) in [6.07, 6.45) is 0. The number of nitrogens with one attached hydrogen (secondary N) is 1. The van der Waals surface area contributed by atoms with E-state index in [9.17, 15) is 4.79 Å². The molecule has 0 aliphatic rings. The zero-order valence-corrected chi connectivity index (χ0v) is 10.4. The summed E-state index contributed by atoms with van der Waals surface area (Å²) in [5.74, 6) is 0.419. The van der Waals surface area contributed by atoms with Crippen molar-refractivity contribution in [1.82, 2.24) is 5.32 Å². The number of alkyl halides is 1. The van der Waals surface area contributed by atoms with Gasteiger partial charge in [-0.1, -0.05) is 18.2 Å². The number of carbonyl (C=O) groups excluding carboxylic acids is 1. The topological polar surface area (TPSA) is 38.3 Å². The van der Waals surface area contributed by atoms with E-state index in [4.69, 9.17) is 16.3 Å². The van der Waals surface area contributed by atoms with E-state index in [-0.39, 0.29) is 11.9 Å². The van der Waals surface area contributed by atoms with Crippen LogP contribution in [-0.2, 0) is 4.79 Å². The zero-order chi connectivity index (χ0) is 12.1. The van der Waals surface area contributed by atoms with Gasteiger partial charge in [0.1, 0.15) is 11.1 Å². The quantitative estimate of drug-likeness (QED) is 0.823. The number of hydrogen-bond donors (Lipinski definition) is 1. The summed E-state index contributed by atoms with van der Waals surface area (Å²) in [5, 5.41) is 2.04. The molecular weight excluding hydrogens is 226 g/mol. The van der Waals surface area contributed by atoms with Crippen molar-refractivity contribution in [3.8, 4) is 5.75 Å². The molecule has 4 heteroatoms. The Balaban J connectivity index is 2.87. The number of benzene rings is 1. The minimum absolute atomic E-state index is 0.0726. The highest BCUT2D eigenvalue weighted by Crippen LogP contribution is 2.29. The van der Waals surface area contributed by atoms with Crippen molar-refractivity contribution in [1.29, 1.82) is 0 Å². The molecule has 3 nitrogen and oxygen atoms in total. The number of amides is 1. The Labute approximate surface area is 101 Å². The molecule has 1 atom stereocenters. The van der Waals surface area contributed by atoms with Crippen molar-refractivity contribution >= 4 is 17.5 Å². The van der Waals surface area contributed by atoms with E-state index < -0.39 is 5.38 Å². The maximum atomic E-state index is 11.7. The standard InChI is InChI=1S/C12H16ClNO2/c1-8(2)14-12(15)11(13)9-6-4-5-7-10(9)16-3/h4-8,11H,1-3H3,(H,14,15). The second-order valence-electron chi connectivity index (χ2n) is 3.77. The summed E-state index contributed by atoms with van der Waals surface area (Å²) >= 11 is 6.09. The van der Waals surface area contributed by atoms with Gasteiger partial charge in [0.2, 0.25) is 5.91 Å². The number of halogens is 1. The summed E-state index contributed by atoms with van der Waals surface area (Å²) < 4.78 is 5.16. The van der Waals surface area contributed by atoms with Gasteiger partial charge in [0.05, 0.1) is 7.11 Å². The van der Waals surface area contributed by atoms with Crippen LogP contribution in [-0.4, -0.2) is 19.1 Å². The van der Waals surface area contributed by atoms with Crippen LogP contribution in [0, 0.1) is 0 Å². The first-order valence-corrected chi connectivity index (χ1v) is 5.57. The Morgan fingerprint density at radius 1 is 1.38 bits per heavy atom. The van der Waals surface area contributed by atoms with Crippen LogP contribution in [0.5, 0.6) is 5.75 Å². The lowest BCUT2D eigenvalue weighted by Gasteiger charge is -2.15. The van der Waals surface area contributed by atoms with Crippen molar-refractivity contribution in [3.63, 3.8) is 0 Å². The van der Waals surface area contributed by atoms with Crippen molar-refractivity contribution in [2.45, 2.75) is 25.3 Å². The summed E-state index contributed by atoms with van der Waals surface area (Å²) in [6.45, 7) is 3.79. The molecule has 1 N–H and O–H groups in total. The molecule has 88 valence electrons. The molecule has 0 aliphatic heterocycles. The number of methoxy groups -OCH3 is 1. The van der Waals surface area contributed by atoms with Crippen LogP contribution in [0.3, 0.4) is 0 Å². The molecule has 0 saturated carbocycles. The maximum absolute atomic E-state index is 11.7. The number of carbonyl (C=O) groups is 1. The predicted molar refractivity (Wildman–Crippen MR) is 64.9 cm³/mol. The van der Waals surface area contributed by atoms with Crippen LogP contribution in [0.2, 0.25) is 0 Å². The monoisotopic (exact) mass is 241 g/mol. The van der Waals surface area contributed by atoms with Crippen LogP contribution >= 0.6 is 11.6 Å². The van der Waals surface area contributed by atoms with Gasteiger partial charge in [-0.05, 0) is 19.9 Å². The van der Waals surface area contributed by atoms with Crippen LogP contribution in [0.1, 0.15) is 24.8 Å². The summed E-state index contributed by atoms with van der Waals surface area (Å²) in [6, 6.07) is 7.31.